The number of amides is 3. The molecule has 0 saturated carbocycles. The minimum Gasteiger partial charge on any atom is -0.508 e. The number of pyridine rings is 1. The number of phenolic OH excluding ortho intramolecular Hbond substituents is 1. The third-order valence-electron chi connectivity index (χ3n) is 16.8. The maximum absolute atomic E-state index is 17.1. The monoisotopic (exact) mass is 1140 g/mol. The summed E-state index contributed by atoms with van der Waals surface area (Å²) in [6.07, 6.45) is 6.41. The van der Waals surface area contributed by atoms with Crippen molar-refractivity contribution >= 4 is 56.7 Å². The van der Waals surface area contributed by atoms with E-state index in [2.05, 4.69) is 30.2 Å². The zero-order chi connectivity index (χ0) is 57.3. The number of likely N-dealkylation sites (tertiary alicyclic amines) is 3. The number of thiazole rings is 1. The summed E-state index contributed by atoms with van der Waals surface area (Å²) < 4.78 is 41.1. The molecule has 3 N–H and O–H groups in total. The highest BCUT2D eigenvalue weighted by Gasteiger charge is 2.44. The van der Waals surface area contributed by atoms with Gasteiger partial charge in [-0.1, -0.05) is 76.1 Å². The molecule has 432 valence electrons. The third-order valence-corrected chi connectivity index (χ3v) is 17.8. The van der Waals surface area contributed by atoms with Gasteiger partial charge in [0.1, 0.15) is 54.1 Å². The number of nitrogens with one attached hydrogen (secondary N) is 1. The molecule has 4 fully saturated rings. The van der Waals surface area contributed by atoms with Crippen LogP contribution < -0.4 is 19.7 Å². The van der Waals surface area contributed by atoms with Gasteiger partial charge < -0.3 is 49.0 Å². The Balaban J connectivity index is 0.676. The van der Waals surface area contributed by atoms with Crippen molar-refractivity contribution in [1.29, 1.82) is 0 Å². The standard InChI is InChI=1S/C61H71FN10O9S/c1-7-37-13-12-14-40-23-43(73)24-46(52(37)40)54-53(62)55-47(27-63-54)57(70-21-10-8-9-11-22-70)67-60(66-55)78-31-41-19-20-42(69(41)6)32-79-61(77)71-29-45(30-71)80-50-26-49(81-68-50)51(34(2)3)59(76)72-28-44(74)25-48(72)58(75)65-35(4)38-15-17-39(18-16-38)56-36(5)64-33-82-56/h12-18,23-24,26-27,33-35,41-42,44-45,48,51,73-74H,7-11,19-22,25,28-32H2,1-6H3,(H,65,75)/t35-,41-,42-,44+,48-,51+/m0/s1. The van der Waals surface area contributed by atoms with Gasteiger partial charge in [-0.25, -0.2) is 14.2 Å². The number of anilines is 1. The first-order valence-electron chi connectivity index (χ1n) is 28.7. The minimum atomic E-state index is -0.884. The van der Waals surface area contributed by atoms with Crippen LogP contribution in [0.3, 0.4) is 0 Å². The van der Waals surface area contributed by atoms with E-state index in [1.54, 1.807) is 40.6 Å². The van der Waals surface area contributed by atoms with Gasteiger partial charge in [0, 0.05) is 56.0 Å². The van der Waals surface area contributed by atoms with Crippen LogP contribution in [-0.4, -0.2) is 151 Å². The number of β-amino-alcohol motifs (C(OH)–C–C–N with tert-alkyl or cyclic N) is 1. The van der Waals surface area contributed by atoms with Crippen molar-refractivity contribution in [2.75, 3.05) is 57.9 Å². The molecule has 0 radical (unpaired) electrons. The molecule has 8 heterocycles. The molecule has 0 spiro atoms. The highest BCUT2D eigenvalue weighted by Crippen LogP contribution is 2.40. The predicted molar refractivity (Wildman–Crippen MR) is 308 cm³/mol. The van der Waals surface area contributed by atoms with Gasteiger partial charge in [-0.2, -0.15) is 9.97 Å². The number of phenols is 1. The fraction of sp³-hybridized carbons (Fsp3) is 0.475. The molecule has 11 rings (SSSR count). The molecular weight excluding hydrogens is 1070 g/mol. The molecule has 4 aromatic heterocycles. The van der Waals surface area contributed by atoms with Gasteiger partial charge in [0.2, 0.25) is 11.8 Å². The van der Waals surface area contributed by atoms with E-state index in [4.69, 9.17) is 28.7 Å². The first-order valence-corrected chi connectivity index (χ1v) is 29.5. The van der Waals surface area contributed by atoms with E-state index in [9.17, 15) is 24.6 Å². The summed E-state index contributed by atoms with van der Waals surface area (Å²) in [5.41, 5.74) is 6.43. The number of aliphatic hydroxyl groups is 1. The summed E-state index contributed by atoms with van der Waals surface area (Å²) >= 11 is 1.57. The van der Waals surface area contributed by atoms with Gasteiger partial charge in [-0.15, -0.1) is 11.3 Å². The van der Waals surface area contributed by atoms with Crippen molar-refractivity contribution in [2.45, 2.75) is 128 Å². The number of nitrogens with zero attached hydrogens (tertiary/aromatic N) is 9. The number of likely N-dealkylation sites (N-methyl/N-ethyl adjacent to an activating group) is 1. The zero-order valence-electron chi connectivity index (χ0n) is 47.2. The third kappa shape index (κ3) is 11.6. The number of aromatic hydroxyl groups is 1. The smallest absolute Gasteiger partial charge is 0.410 e. The lowest BCUT2D eigenvalue weighted by molar-refractivity contribution is -0.141. The number of hydrogen-bond acceptors (Lipinski definition) is 17. The lowest BCUT2D eigenvalue weighted by atomic mass is 9.91. The fourth-order valence-corrected chi connectivity index (χ4v) is 12.9. The van der Waals surface area contributed by atoms with Crippen molar-refractivity contribution in [3.05, 3.63) is 101 Å². The number of aliphatic hydroxyl groups excluding tert-OH is 1. The number of carbonyl (C=O) groups excluding carboxylic acids is 3. The van der Waals surface area contributed by atoms with Crippen LogP contribution in [0.15, 0.2) is 76.9 Å². The van der Waals surface area contributed by atoms with E-state index in [0.717, 1.165) is 89.6 Å². The maximum atomic E-state index is 17.1. The van der Waals surface area contributed by atoms with Crippen LogP contribution >= 0.6 is 11.3 Å². The van der Waals surface area contributed by atoms with Crippen molar-refractivity contribution in [2.24, 2.45) is 5.92 Å². The number of carbonyl (C=O) groups is 3. The fourth-order valence-electron chi connectivity index (χ4n) is 12.1. The number of hydrogen-bond donors (Lipinski definition) is 3. The summed E-state index contributed by atoms with van der Waals surface area (Å²) in [5.74, 6) is -1.35. The van der Waals surface area contributed by atoms with E-state index in [0.29, 0.717) is 23.2 Å². The number of fused-ring (bicyclic) bond motifs is 2. The topological polar surface area (TPSA) is 222 Å². The lowest BCUT2D eigenvalue weighted by Gasteiger charge is -2.37. The molecular formula is C61H71FN10O9S. The maximum Gasteiger partial charge on any atom is 0.410 e. The summed E-state index contributed by atoms with van der Waals surface area (Å²) in [7, 11) is 1.97. The van der Waals surface area contributed by atoms with Crippen molar-refractivity contribution in [3.63, 3.8) is 0 Å². The van der Waals surface area contributed by atoms with E-state index in [-0.39, 0.29) is 116 Å². The van der Waals surface area contributed by atoms with E-state index in [1.165, 1.54) is 4.90 Å². The van der Waals surface area contributed by atoms with Gasteiger partial charge in [-0.3, -0.25) is 19.5 Å². The molecule has 21 heteroatoms. The molecule has 7 aromatic rings. The molecule has 3 amide bonds. The minimum absolute atomic E-state index is 0.00155. The number of benzene rings is 3. The summed E-state index contributed by atoms with van der Waals surface area (Å²) in [6.45, 7) is 12.1. The molecule has 0 aliphatic carbocycles. The Bertz CT molecular complexity index is 3450. The first kappa shape index (κ1) is 56.4. The molecule has 4 saturated heterocycles. The van der Waals surface area contributed by atoms with E-state index >= 15 is 4.39 Å². The molecule has 82 heavy (non-hydrogen) atoms. The second kappa shape index (κ2) is 24.1. The molecule has 6 atom stereocenters. The van der Waals surface area contributed by atoms with Crippen molar-refractivity contribution in [3.8, 4) is 39.3 Å². The molecule has 4 aliphatic rings. The Hall–Kier alpha value is -7.49. The summed E-state index contributed by atoms with van der Waals surface area (Å²) in [5, 5.41) is 30.8. The Kier molecular flexibility index (Phi) is 16.6. The first-order chi connectivity index (χ1) is 39.6. The summed E-state index contributed by atoms with van der Waals surface area (Å²) in [4.78, 5) is 68.4. The van der Waals surface area contributed by atoms with Crippen LogP contribution in [0.1, 0.15) is 107 Å². The number of rotatable bonds is 17. The number of ether oxygens (including phenoxy) is 3. The van der Waals surface area contributed by atoms with Crippen molar-refractivity contribution < 1.29 is 47.7 Å². The Morgan fingerprint density at radius 3 is 2.41 bits per heavy atom. The molecule has 4 aliphatic heterocycles. The van der Waals surface area contributed by atoms with E-state index in [1.807, 2.05) is 89.6 Å². The average molecular weight is 1140 g/mol. The molecule has 0 bridgehead atoms. The Morgan fingerprint density at radius 1 is 0.939 bits per heavy atom. The van der Waals surface area contributed by atoms with Crippen LogP contribution in [0.5, 0.6) is 17.6 Å². The number of aryl methyl sites for hydroxylation is 2. The summed E-state index contributed by atoms with van der Waals surface area (Å²) in [6, 6.07) is 17.3. The average Bonchev–Trinajstić information content (AvgIpc) is 3.57. The van der Waals surface area contributed by atoms with Gasteiger partial charge in [-0.05, 0) is 104 Å². The Morgan fingerprint density at radius 2 is 1.70 bits per heavy atom. The van der Waals surface area contributed by atoms with Gasteiger partial charge in [0.25, 0.3) is 5.88 Å². The highest BCUT2D eigenvalue weighted by molar-refractivity contribution is 7.13. The van der Waals surface area contributed by atoms with Gasteiger partial charge in [0.15, 0.2) is 11.6 Å². The second-order valence-electron chi connectivity index (χ2n) is 22.7. The number of aromatic nitrogens is 5. The molecule has 0 unspecified atom stereocenters. The molecule has 3 aromatic carbocycles. The number of halogens is 1. The normalized spacial score (nSPS) is 20.5. The quantitative estimate of drug-likeness (QED) is 0.0773. The van der Waals surface area contributed by atoms with Crippen LogP contribution in [0.4, 0.5) is 15.0 Å². The second-order valence-corrected chi connectivity index (χ2v) is 23.5. The lowest BCUT2D eigenvalue weighted by Crippen LogP contribution is -2.56. The van der Waals surface area contributed by atoms with Crippen molar-refractivity contribution in [1.82, 2.24) is 45.1 Å². The molecule has 19 nitrogen and oxygen atoms in total. The highest BCUT2D eigenvalue weighted by atomic mass is 32.1. The Labute approximate surface area is 479 Å². The van der Waals surface area contributed by atoms with Crippen LogP contribution in [0.2, 0.25) is 0 Å². The van der Waals surface area contributed by atoms with Crippen LogP contribution in [0.25, 0.3) is 43.4 Å². The largest absolute Gasteiger partial charge is 0.508 e. The predicted octanol–water partition coefficient (Wildman–Crippen LogP) is 9.37. The van der Waals surface area contributed by atoms with Crippen LogP contribution in [-0.2, 0) is 20.7 Å². The van der Waals surface area contributed by atoms with E-state index < -0.39 is 30.0 Å². The zero-order valence-corrected chi connectivity index (χ0v) is 48.0. The SMILES string of the molecule is CCc1cccc2cc(O)cc(-c3ncc4c(N5CCCCCC5)nc(OC[C@@H]5CC[C@@H](COC(=O)N6CC(Oc7cc([C@H](C(=O)N8C[C@H](O)C[C@H]8C(=O)N[C@@H](C)c8ccc(-c9scnc9C)cc8)C(C)C)on7)C6)N5C)nc4c3F)c12. The van der Waals surface area contributed by atoms with Gasteiger partial charge in [0.05, 0.1) is 46.7 Å². The van der Waals surface area contributed by atoms with Crippen LogP contribution in [0, 0.1) is 18.7 Å². The van der Waals surface area contributed by atoms with Gasteiger partial charge >= 0.3 is 12.1 Å².